The van der Waals surface area contributed by atoms with Gasteiger partial charge in [-0.3, -0.25) is 0 Å². The molecule has 7 nitrogen and oxygen atoms in total. The van der Waals surface area contributed by atoms with Crippen LogP contribution in [0.3, 0.4) is 0 Å². The maximum Gasteiger partial charge on any atom is 0.410 e. The molecule has 2 unspecified atom stereocenters. The molecule has 1 N–H and O–H groups in total. The van der Waals surface area contributed by atoms with Crippen LogP contribution < -0.4 is 5.32 Å². The third kappa shape index (κ3) is 5.96. The molecule has 0 spiro atoms. The molecule has 31 heavy (non-hydrogen) atoms. The van der Waals surface area contributed by atoms with Gasteiger partial charge in [0.05, 0.1) is 6.54 Å². The minimum atomic E-state index is -1.55. The lowest BCUT2D eigenvalue weighted by Gasteiger charge is -2.36. The zero-order valence-corrected chi connectivity index (χ0v) is 18.0. The first-order chi connectivity index (χ1) is 14.5. The number of hydrogen-bond acceptors (Lipinski definition) is 6. The monoisotopic (exact) mass is 440 g/mol. The maximum atomic E-state index is 13.4. The molecule has 1 aromatic heterocycles. The Morgan fingerprint density at radius 1 is 1.32 bits per heavy atom. The molecule has 0 radical (unpaired) electrons. The Morgan fingerprint density at radius 2 is 2.00 bits per heavy atom. The van der Waals surface area contributed by atoms with Crippen molar-refractivity contribution < 1.29 is 27.2 Å². The molecule has 2 atom stereocenters. The summed E-state index contributed by atoms with van der Waals surface area (Å²) in [7, 11) is 0. The number of halogens is 3. The van der Waals surface area contributed by atoms with Crippen LogP contribution in [0, 0.1) is 23.4 Å². The van der Waals surface area contributed by atoms with Gasteiger partial charge in [-0.1, -0.05) is 5.16 Å². The number of benzene rings is 1. The van der Waals surface area contributed by atoms with Gasteiger partial charge in [0, 0.05) is 24.7 Å². The molecule has 1 aliphatic heterocycles. The van der Waals surface area contributed by atoms with Crippen molar-refractivity contribution in [1.82, 2.24) is 20.4 Å². The summed E-state index contributed by atoms with van der Waals surface area (Å²) < 4.78 is 50.6. The molecular weight excluding hydrogens is 413 g/mol. The predicted octanol–water partition coefficient (Wildman–Crippen LogP) is 4.28. The first-order valence-corrected chi connectivity index (χ1v) is 10.2. The number of carbonyl (C=O) groups excluding carboxylic acids is 1. The molecular formula is C21H27F3N4O3. The fourth-order valence-electron chi connectivity index (χ4n) is 3.45. The third-order valence-corrected chi connectivity index (χ3v) is 5.10. The van der Waals surface area contributed by atoms with Crippen LogP contribution in [0.1, 0.15) is 46.4 Å². The minimum Gasteiger partial charge on any atom is -0.444 e. The van der Waals surface area contributed by atoms with Gasteiger partial charge >= 0.3 is 6.09 Å². The largest absolute Gasteiger partial charge is 0.444 e. The van der Waals surface area contributed by atoms with E-state index in [9.17, 15) is 18.0 Å². The zero-order chi connectivity index (χ0) is 22.8. The van der Waals surface area contributed by atoms with Crippen LogP contribution in [0.15, 0.2) is 16.7 Å². The molecule has 1 fully saturated rings. The van der Waals surface area contributed by atoms with E-state index in [2.05, 4.69) is 15.5 Å². The Hall–Kier alpha value is -2.62. The molecule has 0 bridgehead atoms. The van der Waals surface area contributed by atoms with Crippen LogP contribution in [-0.4, -0.2) is 45.9 Å². The Morgan fingerprint density at radius 3 is 2.65 bits per heavy atom. The topological polar surface area (TPSA) is 80.5 Å². The molecule has 3 rings (SSSR count). The lowest BCUT2D eigenvalue weighted by molar-refractivity contribution is 0.0147. The number of likely N-dealkylation sites (tertiary alicyclic amines) is 1. The quantitative estimate of drug-likeness (QED) is 0.699. The van der Waals surface area contributed by atoms with Crippen molar-refractivity contribution in [2.45, 2.75) is 58.7 Å². The summed E-state index contributed by atoms with van der Waals surface area (Å²) in [6.07, 6.45) is 1.52. The van der Waals surface area contributed by atoms with Gasteiger partial charge in [0.25, 0.3) is 0 Å². The molecule has 0 saturated carbocycles. The Bertz CT molecular complexity index is 906. The molecule has 1 saturated heterocycles. The smallest absolute Gasteiger partial charge is 0.410 e. The summed E-state index contributed by atoms with van der Waals surface area (Å²) in [5.41, 5.74) is -0.556. The van der Waals surface area contributed by atoms with Crippen LogP contribution in [0.25, 0.3) is 11.4 Å². The van der Waals surface area contributed by atoms with E-state index >= 15 is 0 Å². The van der Waals surface area contributed by atoms with E-state index in [0.29, 0.717) is 13.1 Å². The first kappa shape index (κ1) is 23.1. The van der Waals surface area contributed by atoms with E-state index in [1.54, 1.807) is 4.90 Å². The summed E-state index contributed by atoms with van der Waals surface area (Å²) in [5.74, 6) is -3.78. The molecule has 1 amide bonds. The van der Waals surface area contributed by atoms with Crippen molar-refractivity contribution in [1.29, 1.82) is 0 Å². The minimum absolute atomic E-state index is 0.0141. The highest BCUT2D eigenvalue weighted by atomic mass is 19.2. The summed E-state index contributed by atoms with van der Waals surface area (Å²) in [6.45, 7) is 8.99. The fourth-order valence-corrected chi connectivity index (χ4v) is 3.45. The summed E-state index contributed by atoms with van der Waals surface area (Å²) in [6, 6.07) is 1.67. The molecule has 0 aliphatic carbocycles. The van der Waals surface area contributed by atoms with Crippen molar-refractivity contribution in [2.75, 3.05) is 13.1 Å². The van der Waals surface area contributed by atoms with Crippen molar-refractivity contribution in [3.05, 3.63) is 35.5 Å². The number of aromatic nitrogens is 2. The lowest BCUT2D eigenvalue weighted by Crippen LogP contribution is -2.47. The molecule has 2 aromatic rings. The second-order valence-corrected chi connectivity index (χ2v) is 8.76. The number of hydrogen-bond donors (Lipinski definition) is 1. The molecule has 1 aromatic carbocycles. The zero-order valence-electron chi connectivity index (χ0n) is 18.0. The van der Waals surface area contributed by atoms with Gasteiger partial charge in [0.15, 0.2) is 17.5 Å². The maximum absolute atomic E-state index is 13.4. The van der Waals surface area contributed by atoms with Gasteiger partial charge < -0.3 is 19.5 Å². The van der Waals surface area contributed by atoms with Crippen molar-refractivity contribution in [3.8, 4) is 11.4 Å². The predicted molar refractivity (Wildman–Crippen MR) is 106 cm³/mol. The third-order valence-electron chi connectivity index (χ3n) is 5.10. The van der Waals surface area contributed by atoms with Crippen molar-refractivity contribution in [3.63, 3.8) is 0 Å². The number of amides is 1. The first-order valence-electron chi connectivity index (χ1n) is 10.2. The second kappa shape index (κ2) is 9.25. The average molecular weight is 440 g/mol. The Labute approximate surface area is 178 Å². The standard InChI is InChI=1S/C21H27F3N4O3/c1-12(13-6-5-7-28(11-13)20(29)30-21(2,3)4)25-10-17-26-19(27-31-17)14-8-15(22)18(24)16(23)9-14/h8-9,12-13,25H,5-7,10-11H2,1-4H3. The highest BCUT2D eigenvalue weighted by Gasteiger charge is 2.30. The van der Waals surface area contributed by atoms with Gasteiger partial charge in [0.1, 0.15) is 5.60 Å². The van der Waals surface area contributed by atoms with E-state index in [0.717, 1.165) is 25.0 Å². The van der Waals surface area contributed by atoms with Gasteiger partial charge in [-0.25, -0.2) is 18.0 Å². The Kier molecular flexibility index (Phi) is 6.88. The van der Waals surface area contributed by atoms with E-state index in [1.807, 2.05) is 27.7 Å². The lowest BCUT2D eigenvalue weighted by atomic mass is 9.92. The van der Waals surface area contributed by atoms with Gasteiger partial charge in [-0.2, -0.15) is 4.98 Å². The average Bonchev–Trinajstić information content (AvgIpc) is 3.18. The van der Waals surface area contributed by atoms with Crippen LogP contribution in [0.5, 0.6) is 0 Å². The molecule has 1 aliphatic rings. The van der Waals surface area contributed by atoms with E-state index in [-0.39, 0.29) is 41.9 Å². The number of nitrogens with zero attached hydrogens (tertiary/aromatic N) is 3. The number of ether oxygens (including phenoxy) is 1. The Balaban J connectivity index is 1.56. The summed E-state index contributed by atoms with van der Waals surface area (Å²) in [5, 5.41) is 7.00. The van der Waals surface area contributed by atoms with Crippen molar-refractivity contribution >= 4 is 6.09 Å². The molecule has 170 valence electrons. The second-order valence-electron chi connectivity index (χ2n) is 8.76. The van der Waals surface area contributed by atoms with Gasteiger partial charge in [0.2, 0.25) is 11.7 Å². The van der Waals surface area contributed by atoms with E-state index in [1.165, 1.54) is 0 Å². The number of nitrogens with one attached hydrogen (secondary N) is 1. The van der Waals surface area contributed by atoms with Crippen LogP contribution in [0.2, 0.25) is 0 Å². The van der Waals surface area contributed by atoms with Crippen molar-refractivity contribution in [2.24, 2.45) is 5.92 Å². The van der Waals surface area contributed by atoms with E-state index < -0.39 is 23.1 Å². The fraction of sp³-hybridized carbons (Fsp3) is 0.571. The number of piperidine rings is 1. The highest BCUT2D eigenvalue weighted by Crippen LogP contribution is 2.23. The van der Waals surface area contributed by atoms with Crippen LogP contribution in [0.4, 0.5) is 18.0 Å². The summed E-state index contributed by atoms with van der Waals surface area (Å²) >= 11 is 0. The van der Waals surface area contributed by atoms with Gasteiger partial charge in [-0.15, -0.1) is 0 Å². The SMILES string of the molecule is CC(NCc1nc(-c2cc(F)c(F)c(F)c2)no1)C1CCCN(C(=O)OC(C)(C)C)C1. The molecule has 10 heteroatoms. The van der Waals surface area contributed by atoms with Crippen LogP contribution in [-0.2, 0) is 11.3 Å². The summed E-state index contributed by atoms with van der Waals surface area (Å²) in [4.78, 5) is 18.2. The molecule has 2 heterocycles. The van der Waals surface area contributed by atoms with Gasteiger partial charge in [-0.05, 0) is 58.6 Å². The highest BCUT2D eigenvalue weighted by molar-refractivity contribution is 5.68. The number of rotatable bonds is 5. The van der Waals surface area contributed by atoms with Crippen LogP contribution >= 0.6 is 0 Å². The number of carbonyl (C=O) groups is 1. The normalized spacial score (nSPS) is 18.2. The van der Waals surface area contributed by atoms with E-state index in [4.69, 9.17) is 9.26 Å².